The average Bonchev–Trinajstić information content (AvgIpc) is 2.18. The molecule has 1 heterocycles. The van der Waals surface area contributed by atoms with Gasteiger partial charge >= 0.3 is 6.03 Å². The van der Waals surface area contributed by atoms with Gasteiger partial charge < -0.3 is 15.5 Å². The minimum atomic E-state index is 0. The van der Waals surface area contributed by atoms with Gasteiger partial charge in [-0.1, -0.05) is 0 Å². The molecule has 1 fully saturated rings. The number of urea groups is 1. The van der Waals surface area contributed by atoms with E-state index < -0.39 is 0 Å². The van der Waals surface area contributed by atoms with Gasteiger partial charge in [0.2, 0.25) is 0 Å². The van der Waals surface area contributed by atoms with Crippen LogP contribution >= 0.6 is 12.4 Å². The summed E-state index contributed by atoms with van der Waals surface area (Å²) in [5, 5.41) is 6.09. The summed E-state index contributed by atoms with van der Waals surface area (Å²) in [6, 6.07) is 0.460. The molecule has 0 atom stereocenters. The number of hydrogen-bond donors (Lipinski definition) is 2. The second-order valence-electron chi connectivity index (χ2n) is 3.43. The molecule has 1 aliphatic heterocycles. The van der Waals surface area contributed by atoms with Crippen LogP contribution in [0.15, 0.2) is 0 Å². The molecule has 0 aromatic rings. The van der Waals surface area contributed by atoms with E-state index in [1.165, 1.54) is 0 Å². The summed E-state index contributed by atoms with van der Waals surface area (Å²) in [4.78, 5) is 13.3. The highest BCUT2D eigenvalue weighted by Gasteiger charge is 2.20. The van der Waals surface area contributed by atoms with Crippen LogP contribution in [0.5, 0.6) is 0 Å². The van der Waals surface area contributed by atoms with Gasteiger partial charge in [-0.05, 0) is 32.9 Å². The van der Waals surface area contributed by atoms with Crippen LogP contribution in [-0.2, 0) is 0 Å². The summed E-state index contributed by atoms with van der Waals surface area (Å²) >= 11 is 0. The van der Waals surface area contributed by atoms with Gasteiger partial charge in [0.1, 0.15) is 0 Å². The molecule has 0 aliphatic carbocycles. The van der Waals surface area contributed by atoms with Gasteiger partial charge in [0.25, 0.3) is 0 Å². The van der Waals surface area contributed by atoms with Gasteiger partial charge in [0.15, 0.2) is 0 Å². The monoisotopic (exact) mass is 221 g/mol. The van der Waals surface area contributed by atoms with Gasteiger partial charge in [0.05, 0.1) is 0 Å². The molecule has 1 rings (SSSR count). The van der Waals surface area contributed by atoms with Crippen molar-refractivity contribution < 1.29 is 4.79 Å². The number of amides is 2. The van der Waals surface area contributed by atoms with Crippen molar-refractivity contribution in [1.82, 2.24) is 15.5 Å². The second kappa shape index (κ2) is 6.90. The summed E-state index contributed by atoms with van der Waals surface area (Å²) in [7, 11) is 1.88. The maximum atomic E-state index is 11.4. The fourth-order valence-electron chi connectivity index (χ4n) is 1.64. The van der Waals surface area contributed by atoms with Crippen molar-refractivity contribution in [3.63, 3.8) is 0 Å². The van der Waals surface area contributed by atoms with Gasteiger partial charge in [-0.3, -0.25) is 0 Å². The Hall–Kier alpha value is -0.480. The zero-order chi connectivity index (χ0) is 9.68. The Morgan fingerprint density at radius 1 is 1.50 bits per heavy atom. The van der Waals surface area contributed by atoms with E-state index in [1.807, 2.05) is 18.9 Å². The van der Waals surface area contributed by atoms with Gasteiger partial charge in [-0.15, -0.1) is 12.4 Å². The third-order valence-corrected chi connectivity index (χ3v) is 2.50. The largest absolute Gasteiger partial charge is 0.338 e. The van der Waals surface area contributed by atoms with Crippen LogP contribution in [0.2, 0.25) is 0 Å². The standard InChI is InChI=1S/C9H19N3O.ClH/c1-3-11-9(13)12(2)8-4-6-10-7-5-8;/h8,10H,3-7H2,1-2H3,(H,11,13);1H. The zero-order valence-electron chi connectivity index (χ0n) is 8.88. The minimum Gasteiger partial charge on any atom is -0.338 e. The minimum absolute atomic E-state index is 0. The number of halogens is 1. The number of nitrogens with zero attached hydrogens (tertiary/aromatic N) is 1. The zero-order valence-corrected chi connectivity index (χ0v) is 9.69. The van der Waals surface area contributed by atoms with Gasteiger partial charge in [-0.2, -0.15) is 0 Å². The maximum Gasteiger partial charge on any atom is 0.317 e. The van der Waals surface area contributed by atoms with Crippen molar-refractivity contribution in [2.45, 2.75) is 25.8 Å². The van der Waals surface area contributed by atoms with Crippen molar-refractivity contribution in [3.05, 3.63) is 0 Å². The third kappa shape index (κ3) is 3.72. The fourth-order valence-corrected chi connectivity index (χ4v) is 1.64. The van der Waals surface area contributed by atoms with Crippen LogP contribution in [0.3, 0.4) is 0 Å². The van der Waals surface area contributed by atoms with Crippen LogP contribution < -0.4 is 10.6 Å². The van der Waals surface area contributed by atoms with Gasteiger partial charge in [-0.25, -0.2) is 4.79 Å². The van der Waals surface area contributed by atoms with Gasteiger partial charge in [0, 0.05) is 19.6 Å². The molecule has 0 unspecified atom stereocenters. The van der Waals surface area contributed by atoms with E-state index in [0.717, 1.165) is 25.9 Å². The predicted octanol–water partition coefficient (Wildman–Crippen LogP) is 0.821. The highest BCUT2D eigenvalue weighted by atomic mass is 35.5. The van der Waals surface area contributed by atoms with Crippen LogP contribution in [0.25, 0.3) is 0 Å². The number of hydrogen-bond acceptors (Lipinski definition) is 2. The molecule has 1 aliphatic rings. The highest BCUT2D eigenvalue weighted by Crippen LogP contribution is 2.09. The molecule has 84 valence electrons. The fraction of sp³-hybridized carbons (Fsp3) is 0.889. The van der Waals surface area contributed by atoms with Crippen molar-refractivity contribution in [1.29, 1.82) is 0 Å². The molecule has 0 aromatic heterocycles. The van der Waals surface area contributed by atoms with E-state index >= 15 is 0 Å². The summed E-state index contributed by atoms with van der Waals surface area (Å²) in [6.45, 7) is 4.69. The molecular formula is C9H20ClN3O. The summed E-state index contributed by atoms with van der Waals surface area (Å²) in [5.41, 5.74) is 0. The topological polar surface area (TPSA) is 44.4 Å². The maximum absolute atomic E-state index is 11.4. The molecule has 2 N–H and O–H groups in total. The van der Waals surface area contributed by atoms with E-state index in [-0.39, 0.29) is 18.4 Å². The number of rotatable bonds is 2. The lowest BCUT2D eigenvalue weighted by Crippen LogP contribution is -2.47. The Kier molecular flexibility index (Phi) is 6.66. The summed E-state index contributed by atoms with van der Waals surface area (Å²) in [5.74, 6) is 0. The molecule has 4 nitrogen and oxygen atoms in total. The molecule has 0 spiro atoms. The van der Waals surface area contributed by atoms with Crippen molar-refractivity contribution in [2.24, 2.45) is 0 Å². The molecule has 0 radical (unpaired) electrons. The lowest BCUT2D eigenvalue weighted by atomic mass is 10.1. The predicted molar refractivity (Wildman–Crippen MR) is 60.0 cm³/mol. The van der Waals surface area contributed by atoms with Crippen LogP contribution in [0.1, 0.15) is 19.8 Å². The molecular weight excluding hydrogens is 202 g/mol. The van der Waals surface area contributed by atoms with Crippen LogP contribution in [0, 0.1) is 0 Å². The number of nitrogens with one attached hydrogen (secondary N) is 2. The van der Waals surface area contributed by atoms with E-state index in [4.69, 9.17) is 0 Å². The SMILES string of the molecule is CCNC(=O)N(C)C1CCNCC1.Cl. The first-order chi connectivity index (χ1) is 6.25. The number of carbonyl (C=O) groups is 1. The molecule has 5 heteroatoms. The molecule has 2 amide bonds. The Labute approximate surface area is 91.8 Å². The van der Waals surface area contributed by atoms with E-state index in [1.54, 1.807) is 0 Å². The third-order valence-electron chi connectivity index (χ3n) is 2.50. The van der Waals surface area contributed by atoms with Crippen LogP contribution in [0.4, 0.5) is 4.79 Å². The first kappa shape index (κ1) is 13.5. The Balaban J connectivity index is 0.00000169. The number of carbonyl (C=O) groups excluding carboxylic acids is 1. The summed E-state index contributed by atoms with van der Waals surface area (Å²) in [6.07, 6.45) is 2.13. The Morgan fingerprint density at radius 2 is 2.07 bits per heavy atom. The smallest absolute Gasteiger partial charge is 0.317 e. The quantitative estimate of drug-likeness (QED) is 0.726. The Morgan fingerprint density at radius 3 is 2.57 bits per heavy atom. The van der Waals surface area contributed by atoms with E-state index in [0.29, 0.717) is 12.6 Å². The number of piperidine rings is 1. The van der Waals surface area contributed by atoms with Crippen LogP contribution in [-0.4, -0.2) is 43.7 Å². The highest BCUT2D eigenvalue weighted by molar-refractivity contribution is 5.85. The van der Waals surface area contributed by atoms with Crippen molar-refractivity contribution in [2.75, 3.05) is 26.7 Å². The first-order valence-electron chi connectivity index (χ1n) is 4.97. The van der Waals surface area contributed by atoms with Crippen molar-refractivity contribution >= 4 is 18.4 Å². The van der Waals surface area contributed by atoms with Crippen molar-refractivity contribution in [3.8, 4) is 0 Å². The lowest BCUT2D eigenvalue weighted by molar-refractivity contribution is 0.177. The molecule has 0 aromatic carbocycles. The Bertz CT molecular complexity index is 171. The molecule has 0 bridgehead atoms. The first-order valence-corrected chi connectivity index (χ1v) is 4.97. The molecule has 14 heavy (non-hydrogen) atoms. The summed E-state index contributed by atoms with van der Waals surface area (Å²) < 4.78 is 0. The molecule has 0 saturated carbocycles. The normalized spacial score (nSPS) is 17.0. The second-order valence-corrected chi connectivity index (χ2v) is 3.43. The molecule has 1 saturated heterocycles. The van der Waals surface area contributed by atoms with E-state index in [9.17, 15) is 4.79 Å². The lowest BCUT2D eigenvalue weighted by Gasteiger charge is -2.31. The van der Waals surface area contributed by atoms with E-state index in [2.05, 4.69) is 10.6 Å². The average molecular weight is 222 g/mol.